The molecule has 0 bridgehead atoms. The second-order valence-electron chi connectivity index (χ2n) is 4.73. The zero-order valence-electron chi connectivity index (χ0n) is 11.0. The number of nitrogens with zero attached hydrogens (tertiary/aromatic N) is 1. The van der Waals surface area contributed by atoms with E-state index >= 15 is 0 Å². The number of hydrogen-bond acceptors (Lipinski definition) is 1. The topological polar surface area (TPSA) is 20.3 Å². The largest absolute Gasteiger partial charge is 0.340 e. The van der Waals surface area contributed by atoms with Crippen LogP contribution in [-0.4, -0.2) is 23.9 Å². The lowest BCUT2D eigenvalue weighted by Gasteiger charge is -2.22. The molecule has 0 spiro atoms. The van der Waals surface area contributed by atoms with Crippen molar-refractivity contribution in [3.63, 3.8) is 0 Å². The molecule has 2 nitrogen and oxygen atoms in total. The van der Waals surface area contributed by atoms with E-state index in [1.54, 1.807) is 0 Å². The van der Waals surface area contributed by atoms with Crippen molar-refractivity contribution >= 4 is 5.91 Å². The molecule has 0 atom stereocenters. The molecule has 0 heterocycles. The molecule has 1 aliphatic carbocycles. The van der Waals surface area contributed by atoms with Crippen LogP contribution in [0.2, 0.25) is 0 Å². The molecule has 1 aliphatic rings. The van der Waals surface area contributed by atoms with E-state index < -0.39 is 0 Å². The summed E-state index contributed by atoms with van der Waals surface area (Å²) < 4.78 is 0. The maximum Gasteiger partial charge on any atom is 0.249 e. The minimum absolute atomic E-state index is 0.218. The van der Waals surface area contributed by atoms with Crippen molar-refractivity contribution in [2.75, 3.05) is 13.1 Å². The van der Waals surface area contributed by atoms with Crippen molar-refractivity contribution in [3.05, 3.63) is 11.6 Å². The molecular formula is C14H25NO. The van der Waals surface area contributed by atoms with Crippen LogP contribution in [0.15, 0.2) is 11.6 Å². The smallest absolute Gasteiger partial charge is 0.249 e. The Balaban J connectivity index is 2.56. The van der Waals surface area contributed by atoms with E-state index in [0.29, 0.717) is 5.92 Å². The Bertz CT molecular complexity index is 247. The minimum Gasteiger partial charge on any atom is -0.340 e. The molecule has 0 aromatic heterocycles. The van der Waals surface area contributed by atoms with E-state index in [2.05, 4.69) is 6.08 Å². The minimum atomic E-state index is 0.218. The Morgan fingerprint density at radius 3 is 2.25 bits per heavy atom. The Kier molecular flexibility index (Phi) is 5.58. The Labute approximate surface area is 99.7 Å². The third-order valence-corrected chi connectivity index (χ3v) is 3.52. The van der Waals surface area contributed by atoms with Crippen molar-refractivity contribution in [2.24, 2.45) is 5.92 Å². The van der Waals surface area contributed by atoms with Crippen LogP contribution in [0.3, 0.4) is 0 Å². The van der Waals surface area contributed by atoms with E-state index in [-0.39, 0.29) is 5.91 Å². The molecule has 0 aromatic carbocycles. The molecular weight excluding hydrogens is 198 g/mol. The van der Waals surface area contributed by atoms with Crippen LogP contribution >= 0.6 is 0 Å². The van der Waals surface area contributed by atoms with Crippen LogP contribution in [0.25, 0.3) is 0 Å². The summed E-state index contributed by atoms with van der Waals surface area (Å²) in [5.74, 6) is 0.865. The summed E-state index contributed by atoms with van der Waals surface area (Å²) in [6, 6.07) is 0. The summed E-state index contributed by atoms with van der Waals surface area (Å²) in [5, 5.41) is 0. The first-order valence-corrected chi connectivity index (χ1v) is 6.66. The van der Waals surface area contributed by atoms with Gasteiger partial charge < -0.3 is 4.90 Å². The lowest BCUT2D eigenvalue weighted by atomic mass is 9.88. The SMILES string of the molecule is CCN(CC)C(=O)/C(C)=C/C1CCCCC1. The third kappa shape index (κ3) is 3.66. The molecule has 16 heavy (non-hydrogen) atoms. The predicted molar refractivity (Wildman–Crippen MR) is 68.3 cm³/mol. The maximum atomic E-state index is 12.0. The van der Waals surface area contributed by atoms with Gasteiger partial charge in [-0.1, -0.05) is 25.3 Å². The number of carbonyl (C=O) groups excluding carboxylic acids is 1. The van der Waals surface area contributed by atoms with Gasteiger partial charge in [-0.25, -0.2) is 0 Å². The highest BCUT2D eigenvalue weighted by molar-refractivity contribution is 5.92. The highest BCUT2D eigenvalue weighted by atomic mass is 16.2. The molecule has 0 unspecified atom stereocenters. The molecule has 0 aromatic rings. The molecule has 1 saturated carbocycles. The van der Waals surface area contributed by atoms with Gasteiger partial charge in [-0.3, -0.25) is 4.79 Å². The zero-order chi connectivity index (χ0) is 12.0. The fourth-order valence-electron chi connectivity index (χ4n) is 2.49. The van der Waals surface area contributed by atoms with E-state index in [0.717, 1.165) is 18.7 Å². The monoisotopic (exact) mass is 223 g/mol. The molecule has 0 N–H and O–H groups in total. The van der Waals surface area contributed by atoms with Gasteiger partial charge in [-0.2, -0.15) is 0 Å². The summed E-state index contributed by atoms with van der Waals surface area (Å²) in [6.07, 6.45) is 8.76. The van der Waals surface area contributed by atoms with E-state index in [9.17, 15) is 4.79 Å². The van der Waals surface area contributed by atoms with Crippen molar-refractivity contribution in [1.29, 1.82) is 0 Å². The summed E-state index contributed by atoms with van der Waals surface area (Å²) in [7, 11) is 0. The van der Waals surface area contributed by atoms with E-state index in [4.69, 9.17) is 0 Å². The van der Waals surface area contributed by atoms with Crippen molar-refractivity contribution in [1.82, 2.24) is 4.90 Å². The van der Waals surface area contributed by atoms with Crippen LogP contribution < -0.4 is 0 Å². The quantitative estimate of drug-likeness (QED) is 0.669. The van der Waals surface area contributed by atoms with Gasteiger partial charge in [-0.05, 0) is 39.5 Å². The van der Waals surface area contributed by atoms with Gasteiger partial charge in [0.25, 0.3) is 0 Å². The lowest BCUT2D eigenvalue weighted by Crippen LogP contribution is -2.31. The first kappa shape index (κ1) is 13.3. The number of amides is 1. The van der Waals surface area contributed by atoms with Gasteiger partial charge in [0.2, 0.25) is 5.91 Å². The Morgan fingerprint density at radius 1 is 1.19 bits per heavy atom. The van der Waals surface area contributed by atoms with Crippen molar-refractivity contribution < 1.29 is 4.79 Å². The first-order chi connectivity index (χ1) is 7.69. The van der Waals surface area contributed by atoms with Gasteiger partial charge in [-0.15, -0.1) is 0 Å². The second kappa shape index (κ2) is 6.72. The average Bonchev–Trinajstić information content (AvgIpc) is 2.31. The van der Waals surface area contributed by atoms with Gasteiger partial charge in [0.05, 0.1) is 0 Å². The molecule has 0 aliphatic heterocycles. The number of rotatable bonds is 4. The van der Waals surface area contributed by atoms with Crippen LogP contribution in [0, 0.1) is 5.92 Å². The standard InChI is InChI=1S/C14H25NO/c1-4-15(5-2)14(16)12(3)11-13-9-7-6-8-10-13/h11,13H,4-10H2,1-3H3/b12-11+. The predicted octanol–water partition coefficient (Wildman–Crippen LogP) is 3.38. The van der Waals surface area contributed by atoms with Crippen LogP contribution in [-0.2, 0) is 4.79 Å². The van der Waals surface area contributed by atoms with Crippen molar-refractivity contribution in [2.45, 2.75) is 52.9 Å². The van der Waals surface area contributed by atoms with Gasteiger partial charge >= 0.3 is 0 Å². The number of likely N-dealkylation sites (N-methyl/N-ethyl adjacent to an activating group) is 1. The summed E-state index contributed by atoms with van der Waals surface area (Å²) in [6.45, 7) is 7.66. The zero-order valence-corrected chi connectivity index (χ0v) is 11.0. The van der Waals surface area contributed by atoms with Crippen LogP contribution in [0.5, 0.6) is 0 Å². The fourth-order valence-corrected chi connectivity index (χ4v) is 2.49. The molecule has 1 fully saturated rings. The van der Waals surface area contributed by atoms with Gasteiger partial charge in [0, 0.05) is 18.7 Å². The highest BCUT2D eigenvalue weighted by Gasteiger charge is 2.15. The fraction of sp³-hybridized carbons (Fsp3) is 0.786. The Morgan fingerprint density at radius 2 is 1.75 bits per heavy atom. The molecule has 1 amide bonds. The van der Waals surface area contributed by atoms with Gasteiger partial charge in [0.1, 0.15) is 0 Å². The van der Waals surface area contributed by atoms with Gasteiger partial charge in [0.15, 0.2) is 0 Å². The molecule has 0 radical (unpaired) electrons. The number of hydrogen-bond donors (Lipinski definition) is 0. The van der Waals surface area contributed by atoms with E-state index in [1.165, 1.54) is 32.1 Å². The molecule has 1 rings (SSSR count). The summed E-state index contributed by atoms with van der Waals surface area (Å²) >= 11 is 0. The van der Waals surface area contributed by atoms with Crippen molar-refractivity contribution in [3.8, 4) is 0 Å². The Hall–Kier alpha value is -0.790. The highest BCUT2D eigenvalue weighted by Crippen LogP contribution is 2.25. The van der Waals surface area contributed by atoms with E-state index in [1.807, 2.05) is 25.7 Å². The molecule has 92 valence electrons. The normalized spacial score (nSPS) is 18.6. The third-order valence-electron chi connectivity index (χ3n) is 3.52. The second-order valence-corrected chi connectivity index (χ2v) is 4.73. The number of allylic oxidation sites excluding steroid dienone is 1. The summed E-state index contributed by atoms with van der Waals surface area (Å²) in [4.78, 5) is 13.9. The van der Waals surface area contributed by atoms with Crippen LogP contribution in [0.4, 0.5) is 0 Å². The van der Waals surface area contributed by atoms with Crippen LogP contribution in [0.1, 0.15) is 52.9 Å². The lowest BCUT2D eigenvalue weighted by molar-refractivity contribution is -0.126. The molecule has 2 heteroatoms. The first-order valence-electron chi connectivity index (χ1n) is 6.66. The average molecular weight is 223 g/mol. The number of carbonyl (C=O) groups is 1. The molecule has 0 saturated heterocycles. The summed E-state index contributed by atoms with van der Waals surface area (Å²) in [5.41, 5.74) is 0.940. The maximum absolute atomic E-state index is 12.0.